The lowest BCUT2D eigenvalue weighted by molar-refractivity contribution is -0.142. The molecule has 2 aromatic carbocycles. The number of nitrogens with one attached hydrogen (secondary N) is 1. The van der Waals surface area contributed by atoms with Gasteiger partial charge < -0.3 is 15.0 Å². The molecular weight excluding hydrogens is 423 g/mol. The Morgan fingerprint density at radius 2 is 1.79 bits per heavy atom. The molecule has 0 saturated carbocycles. The van der Waals surface area contributed by atoms with Crippen molar-refractivity contribution in [2.45, 2.75) is 25.9 Å². The van der Waals surface area contributed by atoms with E-state index in [0.717, 1.165) is 5.56 Å². The number of carbonyl (C=O) groups excluding carboxylic acids is 2. The van der Waals surface area contributed by atoms with Crippen molar-refractivity contribution < 1.29 is 14.3 Å². The van der Waals surface area contributed by atoms with Gasteiger partial charge in [0.2, 0.25) is 5.91 Å². The van der Waals surface area contributed by atoms with Crippen LogP contribution >= 0.6 is 34.8 Å². The van der Waals surface area contributed by atoms with Crippen molar-refractivity contribution in [3.05, 3.63) is 63.1 Å². The molecule has 0 aliphatic rings. The summed E-state index contributed by atoms with van der Waals surface area (Å²) in [5.74, 6) is -0.199. The summed E-state index contributed by atoms with van der Waals surface area (Å²) >= 11 is 18.1. The Labute approximate surface area is 179 Å². The van der Waals surface area contributed by atoms with Gasteiger partial charge in [-0.25, -0.2) is 0 Å². The van der Waals surface area contributed by atoms with Crippen molar-refractivity contribution in [1.29, 1.82) is 0 Å². The van der Waals surface area contributed by atoms with Crippen molar-refractivity contribution in [2.75, 3.05) is 13.7 Å². The summed E-state index contributed by atoms with van der Waals surface area (Å²) in [6, 6.07) is 11.3. The smallest absolute Gasteiger partial charge is 0.261 e. The molecule has 28 heavy (non-hydrogen) atoms. The summed E-state index contributed by atoms with van der Waals surface area (Å²) in [5.41, 5.74) is 0.753. The molecule has 2 aromatic rings. The second kappa shape index (κ2) is 10.6. The van der Waals surface area contributed by atoms with E-state index in [-0.39, 0.29) is 25.0 Å². The van der Waals surface area contributed by atoms with Crippen LogP contribution in [-0.2, 0) is 16.1 Å². The first kappa shape index (κ1) is 22.3. The molecule has 2 amide bonds. The Bertz CT molecular complexity index is 845. The van der Waals surface area contributed by atoms with Crippen LogP contribution in [0.25, 0.3) is 0 Å². The Kier molecular flexibility index (Phi) is 8.42. The zero-order valence-electron chi connectivity index (χ0n) is 15.5. The number of likely N-dealkylation sites (N-methyl/N-ethyl adjacent to an activating group) is 1. The fourth-order valence-corrected chi connectivity index (χ4v) is 3.22. The fraction of sp³-hybridized carbons (Fsp3) is 0.300. The van der Waals surface area contributed by atoms with Crippen LogP contribution in [0.2, 0.25) is 15.1 Å². The van der Waals surface area contributed by atoms with Crippen molar-refractivity contribution in [1.82, 2.24) is 10.2 Å². The molecule has 8 heteroatoms. The highest BCUT2D eigenvalue weighted by atomic mass is 35.5. The first-order chi connectivity index (χ1) is 13.4. The van der Waals surface area contributed by atoms with E-state index < -0.39 is 6.04 Å². The number of halogens is 3. The Morgan fingerprint density at radius 3 is 2.39 bits per heavy atom. The van der Waals surface area contributed by atoms with Gasteiger partial charge in [0, 0.05) is 13.6 Å². The van der Waals surface area contributed by atoms with Gasteiger partial charge in [-0.05, 0) is 36.2 Å². The summed E-state index contributed by atoms with van der Waals surface area (Å²) < 4.78 is 5.57. The Balaban J connectivity index is 2.23. The van der Waals surface area contributed by atoms with Gasteiger partial charge in [-0.2, -0.15) is 0 Å². The van der Waals surface area contributed by atoms with E-state index in [1.54, 1.807) is 42.5 Å². The van der Waals surface area contributed by atoms with Crippen LogP contribution in [0.5, 0.6) is 5.75 Å². The van der Waals surface area contributed by atoms with Gasteiger partial charge in [0.25, 0.3) is 5.91 Å². The highest BCUT2D eigenvalue weighted by Crippen LogP contribution is 2.25. The largest absolute Gasteiger partial charge is 0.482 e. The van der Waals surface area contributed by atoms with E-state index in [0.29, 0.717) is 27.2 Å². The molecule has 0 aliphatic carbocycles. The minimum Gasteiger partial charge on any atom is -0.482 e. The normalized spacial score (nSPS) is 11.6. The van der Waals surface area contributed by atoms with Gasteiger partial charge >= 0.3 is 0 Å². The van der Waals surface area contributed by atoms with Crippen molar-refractivity contribution in [2.24, 2.45) is 0 Å². The molecule has 0 fully saturated rings. The zero-order chi connectivity index (χ0) is 20.7. The molecule has 0 aliphatic heterocycles. The van der Waals surface area contributed by atoms with E-state index >= 15 is 0 Å². The summed E-state index contributed by atoms with van der Waals surface area (Å²) in [7, 11) is 1.53. The lowest BCUT2D eigenvalue weighted by Crippen LogP contribution is -2.49. The lowest BCUT2D eigenvalue weighted by Gasteiger charge is -2.30. The van der Waals surface area contributed by atoms with E-state index in [1.165, 1.54) is 11.9 Å². The second-order valence-electron chi connectivity index (χ2n) is 6.03. The number of amides is 2. The number of ether oxygens (including phenoxy) is 1. The molecule has 1 unspecified atom stereocenters. The second-order valence-corrected chi connectivity index (χ2v) is 7.25. The molecule has 0 bridgehead atoms. The number of hydrogen-bond acceptors (Lipinski definition) is 3. The molecule has 0 heterocycles. The minimum absolute atomic E-state index is 0.188. The van der Waals surface area contributed by atoms with E-state index in [2.05, 4.69) is 5.32 Å². The molecular formula is C20H21Cl3N2O3. The van der Waals surface area contributed by atoms with Crippen LogP contribution in [0.4, 0.5) is 0 Å². The number of benzene rings is 2. The number of nitrogens with zero attached hydrogens (tertiary/aromatic N) is 1. The molecule has 0 spiro atoms. The third-order valence-electron chi connectivity index (χ3n) is 4.16. The minimum atomic E-state index is -0.651. The molecule has 2 rings (SSSR count). The third kappa shape index (κ3) is 5.77. The van der Waals surface area contributed by atoms with Gasteiger partial charge in [0.05, 0.1) is 15.1 Å². The lowest BCUT2D eigenvalue weighted by atomic mass is 10.1. The van der Waals surface area contributed by atoms with Crippen molar-refractivity contribution in [3.63, 3.8) is 0 Å². The quantitative estimate of drug-likeness (QED) is 0.650. The van der Waals surface area contributed by atoms with E-state index in [9.17, 15) is 9.59 Å². The predicted octanol–water partition coefficient (Wildman–Crippen LogP) is 4.58. The Morgan fingerprint density at radius 1 is 1.07 bits per heavy atom. The topological polar surface area (TPSA) is 58.6 Å². The number of hydrogen-bond donors (Lipinski definition) is 1. The van der Waals surface area contributed by atoms with Gasteiger partial charge in [-0.1, -0.05) is 59.9 Å². The van der Waals surface area contributed by atoms with Crippen LogP contribution in [0, 0.1) is 0 Å². The van der Waals surface area contributed by atoms with Gasteiger partial charge in [-0.3, -0.25) is 9.59 Å². The molecule has 0 saturated heterocycles. The van der Waals surface area contributed by atoms with Gasteiger partial charge in [-0.15, -0.1) is 0 Å². The maximum absolute atomic E-state index is 12.9. The maximum Gasteiger partial charge on any atom is 0.261 e. The van der Waals surface area contributed by atoms with Gasteiger partial charge in [0.15, 0.2) is 6.61 Å². The molecule has 1 atom stereocenters. The molecule has 0 aromatic heterocycles. The number of rotatable bonds is 8. The molecule has 5 nitrogen and oxygen atoms in total. The van der Waals surface area contributed by atoms with Crippen LogP contribution in [-0.4, -0.2) is 36.4 Å². The maximum atomic E-state index is 12.9. The third-order valence-corrected chi connectivity index (χ3v) is 5.21. The highest BCUT2D eigenvalue weighted by molar-refractivity contribution is 6.42. The SMILES string of the molecule is CCC(C(=O)NC)N(Cc1ccc(Cl)c(Cl)c1)C(=O)COc1ccccc1Cl. The van der Waals surface area contributed by atoms with E-state index in [4.69, 9.17) is 39.5 Å². The predicted molar refractivity (Wildman–Crippen MR) is 112 cm³/mol. The molecule has 1 N–H and O–H groups in total. The first-order valence-corrected chi connectivity index (χ1v) is 9.83. The summed E-state index contributed by atoms with van der Waals surface area (Å²) in [5, 5.41) is 3.81. The zero-order valence-corrected chi connectivity index (χ0v) is 17.8. The average Bonchev–Trinajstić information content (AvgIpc) is 2.69. The average molecular weight is 444 g/mol. The van der Waals surface area contributed by atoms with Crippen LogP contribution in [0.1, 0.15) is 18.9 Å². The first-order valence-electron chi connectivity index (χ1n) is 8.69. The van der Waals surface area contributed by atoms with Crippen molar-refractivity contribution >= 4 is 46.6 Å². The van der Waals surface area contributed by atoms with Crippen molar-refractivity contribution in [3.8, 4) is 5.75 Å². The fourth-order valence-electron chi connectivity index (χ4n) is 2.70. The van der Waals surface area contributed by atoms with Crippen LogP contribution in [0.15, 0.2) is 42.5 Å². The summed E-state index contributed by atoms with van der Waals surface area (Å²) in [6.07, 6.45) is 0.443. The van der Waals surface area contributed by atoms with Gasteiger partial charge in [0.1, 0.15) is 11.8 Å². The summed E-state index contributed by atoms with van der Waals surface area (Å²) in [4.78, 5) is 26.7. The number of carbonyl (C=O) groups is 2. The monoisotopic (exact) mass is 442 g/mol. The molecule has 0 radical (unpaired) electrons. The van der Waals surface area contributed by atoms with Crippen LogP contribution in [0.3, 0.4) is 0 Å². The van der Waals surface area contributed by atoms with Crippen LogP contribution < -0.4 is 10.1 Å². The Hall–Kier alpha value is -1.95. The summed E-state index contributed by atoms with van der Waals surface area (Å²) in [6.45, 7) is 1.77. The van der Waals surface area contributed by atoms with E-state index in [1.807, 2.05) is 6.92 Å². The number of para-hydroxylation sites is 1. The molecule has 150 valence electrons. The highest BCUT2D eigenvalue weighted by Gasteiger charge is 2.28. The standard InChI is InChI=1S/C20H21Cl3N2O3/c1-3-17(20(27)24-2)25(11-13-8-9-14(21)16(23)10-13)19(26)12-28-18-7-5-4-6-15(18)22/h4-10,17H,3,11-12H2,1-2H3,(H,24,27).